The van der Waals surface area contributed by atoms with Crippen molar-refractivity contribution >= 4 is 29.1 Å². The van der Waals surface area contributed by atoms with Crippen LogP contribution in [0.1, 0.15) is 37.9 Å². The molecule has 0 aliphatic carbocycles. The van der Waals surface area contributed by atoms with E-state index in [-0.39, 0.29) is 5.56 Å². The van der Waals surface area contributed by atoms with Crippen molar-refractivity contribution in [3.8, 4) is 5.75 Å². The second kappa shape index (κ2) is 10.3. The second-order valence-corrected chi connectivity index (χ2v) is 9.12. The molecule has 0 N–H and O–H groups in total. The zero-order chi connectivity index (χ0) is 25.1. The summed E-state index contributed by atoms with van der Waals surface area (Å²) < 4.78 is 12.5. The molecule has 0 bridgehead atoms. The Labute approximate surface area is 208 Å². The summed E-state index contributed by atoms with van der Waals surface area (Å²) in [5.74, 6) is 0.183. The van der Waals surface area contributed by atoms with Crippen LogP contribution in [0.2, 0.25) is 0 Å². The van der Waals surface area contributed by atoms with Gasteiger partial charge in [0.05, 0.1) is 36.1 Å². The molecule has 35 heavy (non-hydrogen) atoms. The van der Waals surface area contributed by atoms with Gasteiger partial charge in [0, 0.05) is 18.8 Å². The van der Waals surface area contributed by atoms with Gasteiger partial charge in [0.2, 0.25) is 0 Å². The second-order valence-electron chi connectivity index (χ2n) is 8.11. The summed E-state index contributed by atoms with van der Waals surface area (Å²) in [5.41, 5.74) is 3.53. The lowest BCUT2D eigenvalue weighted by Gasteiger charge is -2.24. The third-order valence-corrected chi connectivity index (χ3v) is 7.16. The SMILES string of the molecule is CCN(CC)c1ccc(/C=c2\sc3n(c2=O)C(c2ccc(OC)cc2)C(C(=O)OC)=C(C)N=3)cc1. The van der Waals surface area contributed by atoms with Crippen molar-refractivity contribution in [3.63, 3.8) is 0 Å². The first-order valence-electron chi connectivity index (χ1n) is 11.5. The van der Waals surface area contributed by atoms with Gasteiger partial charge in [-0.15, -0.1) is 0 Å². The van der Waals surface area contributed by atoms with E-state index in [1.54, 1.807) is 18.6 Å². The highest BCUT2D eigenvalue weighted by Gasteiger charge is 2.33. The molecule has 1 aliphatic rings. The Bertz CT molecular complexity index is 1430. The number of thiazole rings is 1. The van der Waals surface area contributed by atoms with Crippen LogP contribution in [0.15, 0.2) is 69.6 Å². The standard InChI is InChI=1S/C27H29N3O4S/c1-6-29(7-2)20-12-8-18(9-13-20)16-22-25(31)30-24(19-10-14-21(33-4)15-11-19)23(26(32)34-5)17(3)28-27(30)35-22/h8-16,24H,6-7H2,1-5H3/b22-16-. The molecular weight excluding hydrogens is 462 g/mol. The number of nitrogens with zero attached hydrogens (tertiary/aromatic N) is 3. The summed E-state index contributed by atoms with van der Waals surface area (Å²) in [5, 5.41) is 0. The van der Waals surface area contributed by atoms with Gasteiger partial charge in [-0.1, -0.05) is 35.6 Å². The topological polar surface area (TPSA) is 73.1 Å². The van der Waals surface area contributed by atoms with Crippen LogP contribution in [0.25, 0.3) is 6.08 Å². The fraction of sp³-hybridized carbons (Fsp3) is 0.296. The zero-order valence-electron chi connectivity index (χ0n) is 20.6. The van der Waals surface area contributed by atoms with Crippen molar-refractivity contribution in [2.45, 2.75) is 26.8 Å². The van der Waals surface area contributed by atoms with E-state index >= 15 is 0 Å². The van der Waals surface area contributed by atoms with Crippen LogP contribution in [0.4, 0.5) is 5.69 Å². The molecule has 7 nitrogen and oxygen atoms in total. The summed E-state index contributed by atoms with van der Waals surface area (Å²) >= 11 is 1.31. The van der Waals surface area contributed by atoms with Crippen molar-refractivity contribution in [2.24, 2.45) is 4.99 Å². The Morgan fingerprint density at radius 3 is 2.31 bits per heavy atom. The van der Waals surface area contributed by atoms with E-state index in [0.29, 0.717) is 26.4 Å². The van der Waals surface area contributed by atoms with E-state index in [2.05, 4.69) is 35.9 Å². The van der Waals surface area contributed by atoms with E-state index < -0.39 is 12.0 Å². The number of hydrogen-bond acceptors (Lipinski definition) is 7. The highest BCUT2D eigenvalue weighted by Crippen LogP contribution is 2.31. The maximum atomic E-state index is 13.6. The maximum Gasteiger partial charge on any atom is 0.338 e. The molecule has 0 radical (unpaired) electrons. The third-order valence-electron chi connectivity index (χ3n) is 6.18. The smallest absolute Gasteiger partial charge is 0.338 e. The lowest BCUT2D eigenvalue weighted by molar-refractivity contribution is -0.136. The summed E-state index contributed by atoms with van der Waals surface area (Å²) in [6, 6.07) is 14.8. The van der Waals surface area contributed by atoms with E-state index in [9.17, 15) is 9.59 Å². The van der Waals surface area contributed by atoms with Crippen molar-refractivity contribution in [2.75, 3.05) is 32.2 Å². The largest absolute Gasteiger partial charge is 0.497 e. The lowest BCUT2D eigenvalue weighted by atomic mass is 9.96. The number of aromatic nitrogens is 1. The van der Waals surface area contributed by atoms with E-state index in [4.69, 9.17) is 9.47 Å². The van der Waals surface area contributed by atoms with E-state index in [1.165, 1.54) is 18.4 Å². The van der Waals surface area contributed by atoms with Crippen molar-refractivity contribution in [3.05, 3.63) is 90.6 Å². The number of methoxy groups -OCH3 is 2. The summed E-state index contributed by atoms with van der Waals surface area (Å²) in [6.07, 6.45) is 1.87. The van der Waals surface area contributed by atoms with Crippen LogP contribution in [-0.2, 0) is 9.53 Å². The maximum absolute atomic E-state index is 13.6. The Morgan fingerprint density at radius 1 is 1.09 bits per heavy atom. The Balaban J connectivity index is 1.85. The molecule has 0 saturated carbocycles. The Kier molecular flexibility index (Phi) is 7.21. The molecule has 1 unspecified atom stereocenters. The van der Waals surface area contributed by atoms with Gasteiger partial charge in [0.1, 0.15) is 5.75 Å². The fourth-order valence-corrected chi connectivity index (χ4v) is 5.36. The molecule has 1 atom stereocenters. The molecule has 2 aromatic carbocycles. The first-order chi connectivity index (χ1) is 16.9. The lowest BCUT2D eigenvalue weighted by Crippen LogP contribution is -2.39. The molecule has 0 saturated heterocycles. The van der Waals surface area contributed by atoms with Crippen LogP contribution in [-0.4, -0.2) is 37.8 Å². The molecule has 182 valence electrons. The average molecular weight is 492 g/mol. The predicted molar refractivity (Wildman–Crippen MR) is 139 cm³/mol. The van der Waals surface area contributed by atoms with Gasteiger partial charge in [0.25, 0.3) is 5.56 Å². The highest BCUT2D eigenvalue weighted by atomic mass is 32.1. The minimum absolute atomic E-state index is 0.198. The molecule has 0 amide bonds. The normalized spacial score (nSPS) is 15.5. The quantitative estimate of drug-likeness (QED) is 0.475. The van der Waals surface area contributed by atoms with Crippen molar-refractivity contribution < 1.29 is 14.3 Å². The number of hydrogen-bond donors (Lipinski definition) is 0. The van der Waals surface area contributed by atoms with Gasteiger partial charge < -0.3 is 14.4 Å². The van der Waals surface area contributed by atoms with Gasteiger partial charge in [-0.2, -0.15) is 0 Å². The number of benzene rings is 2. The number of rotatable bonds is 7. The highest BCUT2D eigenvalue weighted by molar-refractivity contribution is 7.07. The zero-order valence-corrected chi connectivity index (χ0v) is 21.4. The first kappa shape index (κ1) is 24.5. The van der Waals surface area contributed by atoms with Crippen LogP contribution in [0.5, 0.6) is 5.75 Å². The molecule has 2 heterocycles. The Hall–Kier alpha value is -3.65. The minimum atomic E-state index is -0.642. The fourth-order valence-electron chi connectivity index (χ4n) is 4.32. The van der Waals surface area contributed by atoms with Gasteiger partial charge in [-0.3, -0.25) is 9.36 Å². The number of anilines is 1. The van der Waals surface area contributed by atoms with Crippen molar-refractivity contribution in [1.29, 1.82) is 0 Å². The molecule has 1 aromatic heterocycles. The molecular formula is C27H29N3O4S. The summed E-state index contributed by atoms with van der Waals surface area (Å²) in [6.45, 7) is 7.89. The third kappa shape index (κ3) is 4.66. The number of fused-ring (bicyclic) bond motifs is 1. The molecule has 1 aliphatic heterocycles. The van der Waals surface area contributed by atoms with Crippen LogP contribution >= 0.6 is 11.3 Å². The number of carbonyl (C=O) groups is 1. The van der Waals surface area contributed by atoms with Gasteiger partial charge in [0.15, 0.2) is 4.80 Å². The molecule has 8 heteroatoms. The van der Waals surface area contributed by atoms with Crippen LogP contribution in [0.3, 0.4) is 0 Å². The van der Waals surface area contributed by atoms with Gasteiger partial charge in [-0.05, 0) is 62.2 Å². The summed E-state index contributed by atoms with van der Waals surface area (Å²) in [4.78, 5) is 33.8. The van der Waals surface area contributed by atoms with E-state index in [1.807, 2.05) is 42.5 Å². The predicted octanol–water partition coefficient (Wildman–Crippen LogP) is 3.26. The first-order valence-corrected chi connectivity index (χ1v) is 12.3. The Morgan fingerprint density at radius 2 is 1.74 bits per heavy atom. The molecule has 4 rings (SSSR count). The van der Waals surface area contributed by atoms with Crippen LogP contribution in [0, 0.1) is 0 Å². The number of esters is 1. The molecule has 0 fully saturated rings. The molecule has 0 spiro atoms. The summed E-state index contributed by atoms with van der Waals surface area (Å²) in [7, 11) is 2.93. The van der Waals surface area contributed by atoms with Gasteiger partial charge in [-0.25, -0.2) is 9.79 Å². The van der Waals surface area contributed by atoms with Crippen molar-refractivity contribution in [1.82, 2.24) is 4.57 Å². The number of allylic oxidation sites excluding steroid dienone is 1. The average Bonchev–Trinajstić information content (AvgIpc) is 3.18. The molecule has 3 aromatic rings. The number of ether oxygens (including phenoxy) is 2. The van der Waals surface area contributed by atoms with Gasteiger partial charge >= 0.3 is 5.97 Å². The monoisotopic (exact) mass is 491 g/mol. The van der Waals surface area contributed by atoms with Crippen LogP contribution < -0.4 is 24.5 Å². The minimum Gasteiger partial charge on any atom is -0.497 e. The van der Waals surface area contributed by atoms with E-state index in [0.717, 1.165) is 29.9 Å². The number of carbonyl (C=O) groups excluding carboxylic acids is 1.